The van der Waals surface area contributed by atoms with Crippen LogP contribution in [0.4, 0.5) is 5.69 Å². The van der Waals surface area contributed by atoms with Crippen LogP contribution in [0.5, 0.6) is 0 Å². The molecule has 0 fully saturated rings. The van der Waals surface area contributed by atoms with Crippen LogP contribution in [0.3, 0.4) is 0 Å². The number of carbonyl (C=O) groups excluding carboxylic acids is 3. The van der Waals surface area contributed by atoms with E-state index < -0.39 is 18.5 Å². The third-order valence-corrected chi connectivity index (χ3v) is 5.31. The van der Waals surface area contributed by atoms with Gasteiger partial charge in [0, 0.05) is 30.4 Å². The maximum Gasteiger partial charge on any atom is 0.308 e. The molecule has 0 aliphatic carbocycles. The minimum absolute atomic E-state index is 0.0124. The average Bonchev–Trinajstić information content (AvgIpc) is 2.98. The summed E-state index contributed by atoms with van der Waals surface area (Å²) in [4.78, 5) is 48.9. The second-order valence-electron chi connectivity index (χ2n) is 6.77. The smallest absolute Gasteiger partial charge is 0.308 e. The summed E-state index contributed by atoms with van der Waals surface area (Å²) in [5.74, 6) is -1.40. The summed E-state index contributed by atoms with van der Waals surface area (Å²) in [7, 11) is 1.47. The highest BCUT2D eigenvalue weighted by Crippen LogP contribution is 2.19. The van der Waals surface area contributed by atoms with Gasteiger partial charge in [0.1, 0.15) is 0 Å². The molecule has 2 aromatic rings. The summed E-state index contributed by atoms with van der Waals surface area (Å²) < 4.78 is 6.45. The van der Waals surface area contributed by atoms with Crippen LogP contribution in [0.15, 0.2) is 28.4 Å². The molecule has 156 valence electrons. The predicted molar refractivity (Wildman–Crippen MR) is 111 cm³/mol. The van der Waals surface area contributed by atoms with Crippen LogP contribution >= 0.6 is 11.3 Å². The van der Waals surface area contributed by atoms with E-state index in [1.807, 2.05) is 32.0 Å². The Bertz CT molecular complexity index is 943. The molecule has 9 heteroatoms. The molecule has 0 saturated carbocycles. The molecule has 0 saturated heterocycles. The number of amides is 2. The number of esters is 1. The van der Waals surface area contributed by atoms with Crippen molar-refractivity contribution in [3.63, 3.8) is 0 Å². The molecule has 29 heavy (non-hydrogen) atoms. The molecule has 0 aliphatic rings. The van der Waals surface area contributed by atoms with E-state index in [2.05, 4.69) is 5.32 Å². The Morgan fingerprint density at radius 1 is 1.17 bits per heavy atom. The zero-order valence-electron chi connectivity index (χ0n) is 17.0. The van der Waals surface area contributed by atoms with Crippen LogP contribution in [0, 0.1) is 20.8 Å². The van der Waals surface area contributed by atoms with E-state index in [0.717, 1.165) is 33.8 Å². The minimum Gasteiger partial charge on any atom is -0.456 e. The van der Waals surface area contributed by atoms with Crippen molar-refractivity contribution in [2.45, 2.75) is 33.7 Å². The average molecular weight is 420 g/mol. The van der Waals surface area contributed by atoms with E-state index >= 15 is 0 Å². The second-order valence-corrected chi connectivity index (χ2v) is 7.59. The van der Waals surface area contributed by atoms with Crippen molar-refractivity contribution in [2.24, 2.45) is 0 Å². The van der Waals surface area contributed by atoms with E-state index in [1.54, 1.807) is 12.3 Å². The Hall–Kier alpha value is -2.94. The number of hydrogen-bond donors (Lipinski definition) is 1. The third kappa shape index (κ3) is 6.28. The Morgan fingerprint density at radius 3 is 2.41 bits per heavy atom. The van der Waals surface area contributed by atoms with Gasteiger partial charge in [-0.2, -0.15) is 0 Å². The van der Waals surface area contributed by atoms with Crippen molar-refractivity contribution in [3.8, 4) is 0 Å². The lowest BCUT2D eigenvalue weighted by Crippen LogP contribution is -2.37. The van der Waals surface area contributed by atoms with Gasteiger partial charge in [0.15, 0.2) is 6.61 Å². The Morgan fingerprint density at radius 2 is 1.83 bits per heavy atom. The molecule has 2 rings (SSSR count). The number of aryl methyl sites for hydroxylation is 3. The van der Waals surface area contributed by atoms with Gasteiger partial charge in [-0.3, -0.25) is 19.2 Å². The molecule has 8 nitrogen and oxygen atoms in total. The number of nitrogens with one attached hydrogen (secondary N) is 1. The van der Waals surface area contributed by atoms with Gasteiger partial charge in [-0.05, 0) is 31.9 Å². The fourth-order valence-electron chi connectivity index (χ4n) is 2.70. The molecule has 1 N–H and O–H groups in total. The van der Waals surface area contributed by atoms with Crippen LogP contribution in [-0.2, 0) is 25.7 Å². The van der Waals surface area contributed by atoms with Gasteiger partial charge in [-0.1, -0.05) is 29.5 Å². The van der Waals surface area contributed by atoms with E-state index in [0.29, 0.717) is 0 Å². The lowest BCUT2D eigenvalue weighted by atomic mass is 10.1. The molecule has 0 radical (unpaired) electrons. The monoisotopic (exact) mass is 419 g/mol. The Kier molecular flexibility index (Phi) is 7.72. The van der Waals surface area contributed by atoms with Crippen molar-refractivity contribution in [1.82, 2.24) is 9.47 Å². The van der Waals surface area contributed by atoms with Crippen LogP contribution in [0.2, 0.25) is 0 Å². The van der Waals surface area contributed by atoms with Gasteiger partial charge in [-0.25, -0.2) is 0 Å². The summed E-state index contributed by atoms with van der Waals surface area (Å²) in [6, 6.07) is 5.69. The quantitative estimate of drug-likeness (QED) is 0.659. The number of nitrogens with zero attached hydrogens (tertiary/aromatic N) is 2. The fraction of sp³-hybridized carbons (Fsp3) is 0.400. The second kappa shape index (κ2) is 10.0. The van der Waals surface area contributed by atoms with Gasteiger partial charge in [0.05, 0.1) is 13.0 Å². The molecule has 1 aromatic carbocycles. The molecule has 0 aliphatic heterocycles. The summed E-state index contributed by atoms with van der Waals surface area (Å²) in [5, 5.41) is 4.52. The molecular formula is C20H25N3O5S. The van der Waals surface area contributed by atoms with Crippen LogP contribution in [0.1, 0.15) is 23.2 Å². The molecule has 0 spiro atoms. The van der Waals surface area contributed by atoms with Crippen molar-refractivity contribution in [3.05, 3.63) is 50.1 Å². The number of anilines is 1. The zero-order valence-corrected chi connectivity index (χ0v) is 17.8. The number of aromatic nitrogens is 1. The van der Waals surface area contributed by atoms with Gasteiger partial charge >= 0.3 is 10.8 Å². The molecule has 2 amide bonds. The maximum absolute atomic E-state index is 12.2. The molecule has 0 atom stereocenters. The Labute approximate surface area is 173 Å². The number of thiazole rings is 1. The van der Waals surface area contributed by atoms with Crippen molar-refractivity contribution in [1.29, 1.82) is 0 Å². The lowest BCUT2D eigenvalue weighted by Gasteiger charge is -2.18. The SMILES string of the molecule is Cc1cccc(C)c1NC(=O)CN(C)C(=O)COC(=O)CCn1c(C)csc1=O. The van der Waals surface area contributed by atoms with E-state index in [4.69, 9.17) is 4.74 Å². The number of carbonyl (C=O) groups is 3. The first-order valence-electron chi connectivity index (χ1n) is 9.09. The summed E-state index contributed by atoms with van der Waals surface area (Å²) in [6.07, 6.45) is -0.0124. The van der Waals surface area contributed by atoms with Crippen molar-refractivity contribution in [2.75, 3.05) is 25.5 Å². The largest absolute Gasteiger partial charge is 0.456 e. The number of para-hydroxylation sites is 1. The number of rotatable bonds is 8. The minimum atomic E-state index is -0.579. The predicted octanol–water partition coefficient (Wildman–Crippen LogP) is 1.87. The van der Waals surface area contributed by atoms with Gasteiger partial charge < -0.3 is 19.5 Å². The zero-order chi connectivity index (χ0) is 21.6. The highest BCUT2D eigenvalue weighted by Gasteiger charge is 2.16. The fourth-order valence-corrected chi connectivity index (χ4v) is 3.46. The molecule has 0 unspecified atom stereocenters. The lowest BCUT2D eigenvalue weighted by molar-refractivity contribution is -0.152. The first kappa shape index (κ1) is 22.4. The molecule has 1 heterocycles. The van der Waals surface area contributed by atoms with Gasteiger partial charge in [0.25, 0.3) is 5.91 Å². The summed E-state index contributed by atoms with van der Waals surface area (Å²) in [5.41, 5.74) is 3.37. The number of benzene rings is 1. The summed E-state index contributed by atoms with van der Waals surface area (Å²) >= 11 is 1.07. The summed E-state index contributed by atoms with van der Waals surface area (Å²) in [6.45, 7) is 5.16. The normalized spacial score (nSPS) is 10.5. The molecule has 0 bridgehead atoms. The van der Waals surface area contributed by atoms with Crippen LogP contribution in [-0.4, -0.2) is 47.4 Å². The maximum atomic E-state index is 12.2. The first-order valence-corrected chi connectivity index (χ1v) is 9.97. The number of ether oxygens (including phenoxy) is 1. The standard InChI is InChI=1S/C20H25N3O5S/c1-13-6-5-7-14(2)19(13)21-16(24)10-22(4)17(25)11-28-18(26)8-9-23-15(3)12-29-20(23)27/h5-7,12H,8-11H2,1-4H3,(H,21,24). The Balaban J connectivity index is 1.77. The van der Waals surface area contributed by atoms with E-state index in [-0.39, 0.29) is 30.3 Å². The molecule has 1 aromatic heterocycles. The van der Waals surface area contributed by atoms with Gasteiger partial charge in [-0.15, -0.1) is 0 Å². The van der Waals surface area contributed by atoms with Crippen LogP contribution < -0.4 is 10.2 Å². The number of likely N-dealkylation sites (N-methyl/N-ethyl adjacent to an activating group) is 1. The van der Waals surface area contributed by atoms with Crippen LogP contribution in [0.25, 0.3) is 0 Å². The van der Waals surface area contributed by atoms with E-state index in [9.17, 15) is 19.2 Å². The first-order chi connectivity index (χ1) is 13.7. The third-order valence-electron chi connectivity index (χ3n) is 4.42. The highest BCUT2D eigenvalue weighted by atomic mass is 32.1. The van der Waals surface area contributed by atoms with Crippen molar-refractivity contribution < 1.29 is 19.1 Å². The molecular weight excluding hydrogens is 394 g/mol. The highest BCUT2D eigenvalue weighted by molar-refractivity contribution is 7.07. The topological polar surface area (TPSA) is 97.7 Å². The number of hydrogen-bond acceptors (Lipinski definition) is 6. The van der Waals surface area contributed by atoms with Crippen molar-refractivity contribution >= 4 is 34.8 Å². The van der Waals surface area contributed by atoms with Gasteiger partial charge in [0.2, 0.25) is 5.91 Å². The van der Waals surface area contributed by atoms with E-state index in [1.165, 1.54) is 16.5 Å².